The normalized spacial score (nSPS) is 29.3. The number of likely N-dealkylation sites (N-methyl/N-ethyl adjacent to an activating group) is 1. The maximum Gasteiger partial charge on any atom is 0.303 e. The van der Waals surface area contributed by atoms with Gasteiger partial charge in [-0.05, 0) is 36.6 Å². The third kappa shape index (κ3) is 2.24. The van der Waals surface area contributed by atoms with Crippen LogP contribution in [0.5, 0.6) is 0 Å². The summed E-state index contributed by atoms with van der Waals surface area (Å²) in [5.41, 5.74) is 1.51. The lowest BCUT2D eigenvalue weighted by atomic mass is 9.67. The molecule has 0 radical (unpaired) electrons. The second-order valence-corrected chi connectivity index (χ2v) is 8.03. The van der Waals surface area contributed by atoms with Crippen molar-refractivity contribution in [1.29, 1.82) is 0 Å². The van der Waals surface area contributed by atoms with Crippen LogP contribution in [0, 0.1) is 0 Å². The molecule has 0 spiro atoms. The zero-order chi connectivity index (χ0) is 16.9. The summed E-state index contributed by atoms with van der Waals surface area (Å²) in [5.74, 6) is -0.199. The average molecular weight is 341 g/mol. The molecule has 2 aliphatic rings. The van der Waals surface area contributed by atoms with Gasteiger partial charge in [0, 0.05) is 40.9 Å². The van der Waals surface area contributed by atoms with Crippen molar-refractivity contribution in [3.05, 3.63) is 46.9 Å². The van der Waals surface area contributed by atoms with Gasteiger partial charge in [-0.25, -0.2) is 0 Å². The van der Waals surface area contributed by atoms with E-state index < -0.39 is 0 Å². The summed E-state index contributed by atoms with van der Waals surface area (Å²) < 4.78 is 6.85. The van der Waals surface area contributed by atoms with E-state index in [1.165, 1.54) is 27.5 Å². The summed E-state index contributed by atoms with van der Waals surface area (Å²) in [7, 11) is 2.20. The van der Waals surface area contributed by atoms with E-state index in [2.05, 4.69) is 55.3 Å². The molecule has 3 nitrogen and oxygen atoms in total. The molecule has 0 saturated heterocycles. The summed E-state index contributed by atoms with van der Waals surface area (Å²) in [6.07, 6.45) is 6.25. The molecule has 0 saturated carbocycles. The molecule has 0 unspecified atom stereocenters. The van der Waals surface area contributed by atoms with Crippen molar-refractivity contribution in [2.24, 2.45) is 0 Å². The predicted molar refractivity (Wildman–Crippen MR) is 98.4 cm³/mol. The fraction of sp³-hybridized carbons (Fsp3) is 0.450. The van der Waals surface area contributed by atoms with Gasteiger partial charge in [0.25, 0.3) is 0 Å². The minimum absolute atomic E-state index is 0.0304. The standard InChI is InChI=1S/C20H23NO2S/c1-4-20-10-9-14(23-13(2)22)11-18(20)21(3)12-16-15-7-5-6-8-17(15)24-19(16)20/h5-10,14,18H,4,11-12H2,1-3H3/t14-,18+,20+/m1/s1. The van der Waals surface area contributed by atoms with E-state index in [4.69, 9.17) is 4.74 Å². The van der Waals surface area contributed by atoms with Gasteiger partial charge in [-0.1, -0.05) is 31.2 Å². The van der Waals surface area contributed by atoms with Gasteiger partial charge < -0.3 is 4.74 Å². The molecule has 0 bridgehead atoms. The first-order chi connectivity index (χ1) is 11.5. The first-order valence-electron chi connectivity index (χ1n) is 8.63. The minimum Gasteiger partial charge on any atom is -0.458 e. The number of benzene rings is 1. The molecule has 126 valence electrons. The van der Waals surface area contributed by atoms with Crippen LogP contribution < -0.4 is 0 Å². The van der Waals surface area contributed by atoms with E-state index in [0.29, 0.717) is 6.04 Å². The quantitative estimate of drug-likeness (QED) is 0.604. The number of rotatable bonds is 2. The van der Waals surface area contributed by atoms with Crippen molar-refractivity contribution in [2.75, 3.05) is 7.05 Å². The molecule has 1 aromatic heterocycles. The van der Waals surface area contributed by atoms with Gasteiger partial charge >= 0.3 is 5.97 Å². The van der Waals surface area contributed by atoms with Gasteiger partial charge in [-0.2, -0.15) is 0 Å². The van der Waals surface area contributed by atoms with E-state index in [9.17, 15) is 4.79 Å². The van der Waals surface area contributed by atoms with E-state index in [0.717, 1.165) is 19.4 Å². The van der Waals surface area contributed by atoms with E-state index >= 15 is 0 Å². The molecular formula is C20H23NO2S. The summed E-state index contributed by atoms with van der Waals surface area (Å²) >= 11 is 1.94. The third-order valence-corrected chi connectivity index (χ3v) is 7.03. The molecule has 4 heteroatoms. The lowest BCUT2D eigenvalue weighted by Gasteiger charge is -2.50. The molecule has 1 aliphatic heterocycles. The van der Waals surface area contributed by atoms with Crippen molar-refractivity contribution in [1.82, 2.24) is 4.90 Å². The summed E-state index contributed by atoms with van der Waals surface area (Å²) in [6.45, 7) is 4.73. The van der Waals surface area contributed by atoms with Gasteiger partial charge in [0.1, 0.15) is 6.10 Å². The second kappa shape index (κ2) is 5.71. The van der Waals surface area contributed by atoms with Crippen molar-refractivity contribution >= 4 is 27.4 Å². The van der Waals surface area contributed by atoms with Gasteiger partial charge in [-0.15, -0.1) is 11.3 Å². The summed E-state index contributed by atoms with van der Waals surface area (Å²) in [6, 6.07) is 9.10. The molecule has 1 aromatic carbocycles. The van der Waals surface area contributed by atoms with E-state index in [1.54, 1.807) is 0 Å². The van der Waals surface area contributed by atoms with Crippen LogP contribution in [0.1, 0.15) is 37.1 Å². The molecule has 2 aromatic rings. The Bertz CT molecular complexity index is 824. The molecule has 24 heavy (non-hydrogen) atoms. The number of hydrogen-bond donors (Lipinski definition) is 0. The molecule has 4 rings (SSSR count). The van der Waals surface area contributed by atoms with Gasteiger partial charge in [0.2, 0.25) is 0 Å². The summed E-state index contributed by atoms with van der Waals surface area (Å²) in [5, 5.41) is 1.39. The Kier molecular flexibility index (Phi) is 3.77. The third-order valence-electron chi connectivity index (χ3n) is 5.62. The first kappa shape index (κ1) is 15.9. The van der Waals surface area contributed by atoms with Crippen molar-refractivity contribution in [2.45, 2.75) is 50.8 Å². The van der Waals surface area contributed by atoms with Crippen LogP contribution in [0.4, 0.5) is 0 Å². The number of thiophene rings is 1. The zero-order valence-corrected chi connectivity index (χ0v) is 15.2. The largest absolute Gasteiger partial charge is 0.458 e. The lowest BCUT2D eigenvalue weighted by molar-refractivity contribution is -0.145. The Hall–Kier alpha value is -1.65. The molecule has 0 N–H and O–H groups in total. The number of ether oxygens (including phenoxy) is 1. The fourth-order valence-corrected chi connectivity index (χ4v) is 6.01. The number of esters is 1. The number of carbonyl (C=O) groups excluding carboxylic acids is 1. The van der Waals surface area contributed by atoms with Crippen molar-refractivity contribution in [3.8, 4) is 0 Å². The van der Waals surface area contributed by atoms with Crippen LogP contribution in [0.2, 0.25) is 0 Å². The van der Waals surface area contributed by atoms with Crippen LogP contribution in [-0.2, 0) is 21.5 Å². The molecular weight excluding hydrogens is 318 g/mol. The molecule has 0 amide bonds. The van der Waals surface area contributed by atoms with Crippen molar-refractivity contribution in [3.63, 3.8) is 0 Å². The first-order valence-corrected chi connectivity index (χ1v) is 9.44. The maximum absolute atomic E-state index is 11.4. The van der Waals surface area contributed by atoms with Crippen LogP contribution in [0.3, 0.4) is 0 Å². The van der Waals surface area contributed by atoms with Crippen LogP contribution in [-0.4, -0.2) is 30.1 Å². The number of nitrogens with zero attached hydrogens (tertiary/aromatic N) is 1. The highest BCUT2D eigenvalue weighted by Crippen LogP contribution is 2.51. The van der Waals surface area contributed by atoms with Crippen molar-refractivity contribution < 1.29 is 9.53 Å². The van der Waals surface area contributed by atoms with Crippen LogP contribution >= 0.6 is 11.3 Å². The van der Waals surface area contributed by atoms with Gasteiger partial charge in [-0.3, -0.25) is 9.69 Å². The van der Waals surface area contributed by atoms with Crippen LogP contribution in [0.15, 0.2) is 36.4 Å². The minimum atomic E-state index is -0.199. The Balaban J connectivity index is 1.86. The summed E-state index contributed by atoms with van der Waals surface area (Å²) in [4.78, 5) is 15.3. The predicted octanol–water partition coefficient (Wildman–Crippen LogP) is 4.25. The lowest BCUT2D eigenvalue weighted by Crippen LogP contribution is -2.54. The Morgan fingerprint density at radius 2 is 2.21 bits per heavy atom. The number of hydrogen-bond acceptors (Lipinski definition) is 4. The second-order valence-electron chi connectivity index (χ2n) is 6.97. The number of carbonyl (C=O) groups is 1. The highest BCUT2D eigenvalue weighted by atomic mass is 32.1. The van der Waals surface area contributed by atoms with Gasteiger partial charge in [0.05, 0.1) is 0 Å². The average Bonchev–Trinajstić information content (AvgIpc) is 2.94. The Labute approximate surface area is 146 Å². The molecule has 3 atom stereocenters. The topological polar surface area (TPSA) is 29.5 Å². The zero-order valence-electron chi connectivity index (χ0n) is 14.4. The number of fused-ring (bicyclic) bond motifs is 5. The Morgan fingerprint density at radius 1 is 1.42 bits per heavy atom. The molecule has 1 aliphatic carbocycles. The fourth-order valence-electron chi connectivity index (χ4n) is 4.51. The molecule has 2 heterocycles. The maximum atomic E-state index is 11.4. The molecule has 0 fully saturated rings. The van der Waals surface area contributed by atoms with Crippen LogP contribution in [0.25, 0.3) is 10.1 Å². The van der Waals surface area contributed by atoms with E-state index in [-0.39, 0.29) is 17.5 Å². The highest BCUT2D eigenvalue weighted by Gasteiger charge is 2.48. The van der Waals surface area contributed by atoms with Gasteiger partial charge in [0.15, 0.2) is 0 Å². The highest BCUT2D eigenvalue weighted by molar-refractivity contribution is 7.19. The van der Waals surface area contributed by atoms with E-state index in [1.807, 2.05) is 11.3 Å². The smallest absolute Gasteiger partial charge is 0.303 e. The Morgan fingerprint density at radius 3 is 2.96 bits per heavy atom. The SMILES string of the molecule is CC[C@]12C=C[C@@H](OC(C)=O)C[C@@H]1N(C)Cc1c2sc2ccccc12. The monoisotopic (exact) mass is 341 g/mol.